The van der Waals surface area contributed by atoms with Gasteiger partial charge in [0.15, 0.2) is 0 Å². The Morgan fingerprint density at radius 1 is 1.24 bits per heavy atom. The molecule has 2 aromatic rings. The van der Waals surface area contributed by atoms with Gasteiger partial charge in [0.2, 0.25) is 0 Å². The maximum Gasteiger partial charge on any atom is 0.0564 e. The lowest BCUT2D eigenvalue weighted by molar-refractivity contribution is 0.250. The number of anilines is 1. The van der Waals surface area contributed by atoms with E-state index in [0.717, 1.165) is 29.5 Å². The van der Waals surface area contributed by atoms with Crippen molar-refractivity contribution in [3.63, 3.8) is 0 Å². The van der Waals surface area contributed by atoms with Crippen LogP contribution in [-0.2, 0) is 6.54 Å². The highest BCUT2D eigenvalue weighted by molar-refractivity contribution is 6.30. The summed E-state index contributed by atoms with van der Waals surface area (Å²) < 4.78 is 0. The second kappa shape index (κ2) is 7.43. The molecule has 0 aliphatic rings. The van der Waals surface area contributed by atoms with Crippen molar-refractivity contribution in [2.45, 2.75) is 26.4 Å². The minimum absolute atomic E-state index is 0.312. The monoisotopic (exact) mass is 303 g/mol. The zero-order valence-corrected chi connectivity index (χ0v) is 13.6. The van der Waals surface area contributed by atoms with Gasteiger partial charge in [-0.2, -0.15) is 0 Å². The fraction of sp³-hybridized carbons (Fsp3) is 0.353. The van der Waals surface area contributed by atoms with Crippen LogP contribution in [0.1, 0.15) is 31.1 Å². The van der Waals surface area contributed by atoms with E-state index in [1.54, 1.807) is 0 Å². The molecular weight excluding hydrogens is 282 g/mol. The van der Waals surface area contributed by atoms with Crippen molar-refractivity contribution in [1.82, 2.24) is 9.88 Å². The van der Waals surface area contributed by atoms with Crippen LogP contribution >= 0.6 is 11.6 Å². The number of hydrogen-bond donors (Lipinski definition) is 1. The second-order valence-electron chi connectivity index (χ2n) is 5.21. The minimum Gasteiger partial charge on any atom is -0.385 e. The quantitative estimate of drug-likeness (QED) is 0.859. The number of pyridine rings is 1. The van der Waals surface area contributed by atoms with E-state index >= 15 is 0 Å². The van der Waals surface area contributed by atoms with Gasteiger partial charge in [0.1, 0.15) is 0 Å². The van der Waals surface area contributed by atoms with Crippen molar-refractivity contribution in [2.75, 3.05) is 18.9 Å². The van der Waals surface area contributed by atoms with E-state index in [1.807, 2.05) is 24.4 Å². The van der Waals surface area contributed by atoms with Crippen LogP contribution in [-0.4, -0.2) is 23.5 Å². The average molecular weight is 304 g/mol. The SMILES string of the molecule is CCNc1ccnc(CN(C)C(C)c2ccc(Cl)cc2)c1. The van der Waals surface area contributed by atoms with E-state index in [2.05, 4.69) is 54.3 Å². The maximum atomic E-state index is 5.94. The lowest BCUT2D eigenvalue weighted by Crippen LogP contribution is -2.22. The molecule has 112 valence electrons. The molecule has 0 amide bonds. The fourth-order valence-electron chi connectivity index (χ4n) is 2.27. The van der Waals surface area contributed by atoms with E-state index in [9.17, 15) is 0 Å². The molecule has 0 spiro atoms. The van der Waals surface area contributed by atoms with E-state index < -0.39 is 0 Å². The van der Waals surface area contributed by atoms with Crippen LogP contribution in [0.5, 0.6) is 0 Å². The molecule has 0 aliphatic carbocycles. The first-order valence-electron chi connectivity index (χ1n) is 7.24. The summed E-state index contributed by atoms with van der Waals surface area (Å²) in [6.07, 6.45) is 1.86. The van der Waals surface area contributed by atoms with Gasteiger partial charge < -0.3 is 5.32 Å². The van der Waals surface area contributed by atoms with Crippen molar-refractivity contribution < 1.29 is 0 Å². The third kappa shape index (κ3) is 4.45. The summed E-state index contributed by atoms with van der Waals surface area (Å²) in [6.45, 7) is 6.01. The van der Waals surface area contributed by atoms with Crippen molar-refractivity contribution in [3.8, 4) is 0 Å². The third-order valence-electron chi connectivity index (χ3n) is 3.62. The summed E-state index contributed by atoms with van der Waals surface area (Å²) in [5.74, 6) is 0. The van der Waals surface area contributed by atoms with Gasteiger partial charge in [-0.1, -0.05) is 23.7 Å². The molecule has 4 heteroatoms. The molecule has 0 radical (unpaired) electrons. The second-order valence-corrected chi connectivity index (χ2v) is 5.65. The summed E-state index contributed by atoms with van der Waals surface area (Å²) in [4.78, 5) is 6.73. The van der Waals surface area contributed by atoms with E-state index in [-0.39, 0.29) is 0 Å². The topological polar surface area (TPSA) is 28.2 Å². The van der Waals surface area contributed by atoms with Crippen LogP contribution in [0.3, 0.4) is 0 Å². The van der Waals surface area contributed by atoms with Crippen LogP contribution in [0.25, 0.3) is 0 Å². The lowest BCUT2D eigenvalue weighted by Gasteiger charge is -2.25. The number of nitrogens with zero attached hydrogens (tertiary/aromatic N) is 2. The van der Waals surface area contributed by atoms with Crippen molar-refractivity contribution in [1.29, 1.82) is 0 Å². The zero-order chi connectivity index (χ0) is 15.2. The Labute approximate surface area is 132 Å². The number of halogens is 1. The Balaban J connectivity index is 2.04. The summed E-state index contributed by atoms with van der Waals surface area (Å²) >= 11 is 5.94. The molecule has 1 heterocycles. The molecule has 2 rings (SSSR count). The first-order chi connectivity index (χ1) is 10.1. The van der Waals surface area contributed by atoms with E-state index in [4.69, 9.17) is 11.6 Å². The van der Waals surface area contributed by atoms with E-state index in [0.29, 0.717) is 6.04 Å². The number of aromatic nitrogens is 1. The van der Waals surface area contributed by atoms with Crippen molar-refractivity contribution in [3.05, 3.63) is 58.9 Å². The standard InChI is InChI=1S/C17H22ClN3/c1-4-19-16-9-10-20-17(11-16)12-21(3)13(2)14-5-7-15(18)8-6-14/h5-11,13H,4,12H2,1-3H3,(H,19,20). The highest BCUT2D eigenvalue weighted by Gasteiger charge is 2.12. The largest absolute Gasteiger partial charge is 0.385 e. The highest BCUT2D eigenvalue weighted by Crippen LogP contribution is 2.22. The molecule has 1 N–H and O–H groups in total. The number of nitrogens with one attached hydrogen (secondary N) is 1. The van der Waals surface area contributed by atoms with Crippen LogP contribution in [0.4, 0.5) is 5.69 Å². The first-order valence-corrected chi connectivity index (χ1v) is 7.62. The molecule has 0 saturated carbocycles. The molecule has 1 aromatic carbocycles. The van der Waals surface area contributed by atoms with Gasteiger partial charge in [-0.3, -0.25) is 9.88 Å². The zero-order valence-electron chi connectivity index (χ0n) is 12.8. The van der Waals surface area contributed by atoms with Crippen LogP contribution in [0.2, 0.25) is 5.02 Å². The molecule has 0 fully saturated rings. The van der Waals surface area contributed by atoms with Crippen molar-refractivity contribution in [2.24, 2.45) is 0 Å². The summed E-state index contributed by atoms with van der Waals surface area (Å²) in [7, 11) is 2.11. The minimum atomic E-state index is 0.312. The lowest BCUT2D eigenvalue weighted by atomic mass is 10.1. The predicted molar refractivity (Wildman–Crippen MR) is 89.7 cm³/mol. The van der Waals surface area contributed by atoms with Gasteiger partial charge in [0.05, 0.1) is 5.69 Å². The Morgan fingerprint density at radius 2 is 1.95 bits per heavy atom. The molecule has 1 aromatic heterocycles. The molecule has 3 nitrogen and oxygen atoms in total. The predicted octanol–water partition coefficient (Wildman–Crippen LogP) is 4.36. The molecule has 1 atom stereocenters. The Morgan fingerprint density at radius 3 is 2.62 bits per heavy atom. The van der Waals surface area contributed by atoms with Crippen LogP contribution in [0, 0.1) is 0 Å². The molecule has 0 aliphatic heterocycles. The normalized spacial score (nSPS) is 12.4. The van der Waals surface area contributed by atoms with Gasteiger partial charge in [-0.25, -0.2) is 0 Å². The molecule has 0 bridgehead atoms. The molecule has 0 saturated heterocycles. The number of hydrogen-bond acceptors (Lipinski definition) is 3. The summed E-state index contributed by atoms with van der Waals surface area (Å²) in [6, 6.07) is 12.4. The smallest absolute Gasteiger partial charge is 0.0564 e. The average Bonchev–Trinajstić information content (AvgIpc) is 2.48. The summed E-state index contributed by atoms with van der Waals surface area (Å²) in [5.41, 5.74) is 3.44. The van der Waals surface area contributed by atoms with E-state index in [1.165, 1.54) is 5.56 Å². The van der Waals surface area contributed by atoms with Gasteiger partial charge in [-0.05, 0) is 50.7 Å². The number of benzene rings is 1. The molecule has 1 unspecified atom stereocenters. The fourth-order valence-corrected chi connectivity index (χ4v) is 2.39. The maximum absolute atomic E-state index is 5.94. The number of rotatable bonds is 6. The van der Waals surface area contributed by atoms with Crippen LogP contribution in [0.15, 0.2) is 42.6 Å². The Bertz CT molecular complexity index is 569. The van der Waals surface area contributed by atoms with Gasteiger partial charge in [0.25, 0.3) is 0 Å². The Kier molecular flexibility index (Phi) is 5.59. The summed E-state index contributed by atoms with van der Waals surface area (Å²) in [5, 5.41) is 4.09. The first kappa shape index (κ1) is 15.8. The van der Waals surface area contributed by atoms with Gasteiger partial charge in [-0.15, -0.1) is 0 Å². The molecular formula is C17H22ClN3. The van der Waals surface area contributed by atoms with Gasteiger partial charge in [0, 0.05) is 36.0 Å². The van der Waals surface area contributed by atoms with Gasteiger partial charge >= 0.3 is 0 Å². The Hall–Kier alpha value is -1.58. The molecule has 21 heavy (non-hydrogen) atoms. The third-order valence-corrected chi connectivity index (χ3v) is 3.87. The highest BCUT2D eigenvalue weighted by atomic mass is 35.5. The van der Waals surface area contributed by atoms with Crippen molar-refractivity contribution >= 4 is 17.3 Å². The van der Waals surface area contributed by atoms with Crippen LogP contribution < -0.4 is 5.32 Å².